The molecule has 3 heterocycles. The predicted molar refractivity (Wildman–Crippen MR) is 120 cm³/mol. The van der Waals surface area contributed by atoms with E-state index in [4.69, 9.17) is 4.74 Å². The van der Waals surface area contributed by atoms with Gasteiger partial charge >= 0.3 is 0 Å². The number of nitrogens with one attached hydrogen (secondary N) is 1. The van der Waals surface area contributed by atoms with Gasteiger partial charge in [0, 0.05) is 31.2 Å². The lowest BCUT2D eigenvalue weighted by molar-refractivity contribution is -0.120. The van der Waals surface area contributed by atoms with Crippen molar-refractivity contribution in [2.24, 2.45) is 0 Å². The summed E-state index contributed by atoms with van der Waals surface area (Å²) < 4.78 is 5.69. The summed E-state index contributed by atoms with van der Waals surface area (Å²) in [5, 5.41) is 5.76. The van der Waals surface area contributed by atoms with Crippen LogP contribution < -0.4 is 15.0 Å². The van der Waals surface area contributed by atoms with E-state index in [0.29, 0.717) is 13.2 Å². The molecule has 0 unspecified atom stereocenters. The Kier molecular flexibility index (Phi) is 6.59. The first kappa shape index (κ1) is 20.3. The third-order valence-corrected chi connectivity index (χ3v) is 5.96. The molecule has 1 aliphatic rings. The van der Waals surface area contributed by atoms with Crippen LogP contribution in [-0.4, -0.2) is 35.6 Å². The van der Waals surface area contributed by atoms with Crippen molar-refractivity contribution >= 4 is 23.1 Å². The Morgan fingerprint density at radius 1 is 1.20 bits per heavy atom. The van der Waals surface area contributed by atoms with Gasteiger partial charge in [-0.3, -0.25) is 4.79 Å². The highest BCUT2D eigenvalue weighted by molar-refractivity contribution is 7.13. The lowest BCUT2D eigenvalue weighted by Gasteiger charge is -2.16. The van der Waals surface area contributed by atoms with Crippen LogP contribution in [0.4, 0.5) is 5.82 Å². The maximum Gasteiger partial charge on any atom is 0.226 e. The highest BCUT2D eigenvalue weighted by Gasteiger charge is 2.14. The van der Waals surface area contributed by atoms with Gasteiger partial charge in [0.25, 0.3) is 0 Å². The first-order valence-electron chi connectivity index (χ1n) is 10.4. The molecular formula is C23H26N4O2S. The number of ether oxygens (including phenoxy) is 1. The molecule has 0 saturated carbocycles. The number of hydrogen-bond acceptors (Lipinski definition) is 6. The standard InChI is InChI=1S/C23H26N4O2S/c1-2-29-20-8-4-3-7-19(20)23-26-18(16-30-23)13-22(28)25-15-17-9-10-21(24-14-17)27-11-5-6-12-27/h3-4,7-10,14,16H,2,5-6,11-13,15H2,1H3,(H,25,28). The Morgan fingerprint density at radius 3 is 2.80 bits per heavy atom. The molecule has 1 N–H and O–H groups in total. The van der Waals surface area contributed by atoms with Crippen LogP contribution in [-0.2, 0) is 17.8 Å². The van der Waals surface area contributed by atoms with E-state index in [-0.39, 0.29) is 12.3 Å². The number of hydrogen-bond donors (Lipinski definition) is 1. The topological polar surface area (TPSA) is 67.3 Å². The van der Waals surface area contributed by atoms with Crippen LogP contribution in [0, 0.1) is 0 Å². The van der Waals surface area contributed by atoms with Gasteiger partial charge in [0.1, 0.15) is 16.6 Å². The molecule has 1 aromatic carbocycles. The van der Waals surface area contributed by atoms with Crippen LogP contribution in [0.5, 0.6) is 5.75 Å². The second-order valence-electron chi connectivity index (χ2n) is 7.25. The summed E-state index contributed by atoms with van der Waals surface area (Å²) in [6, 6.07) is 11.9. The van der Waals surface area contributed by atoms with E-state index in [1.165, 1.54) is 24.2 Å². The van der Waals surface area contributed by atoms with Gasteiger partial charge in [0.15, 0.2) is 0 Å². The lowest BCUT2D eigenvalue weighted by atomic mass is 10.2. The Balaban J connectivity index is 1.32. The Labute approximate surface area is 180 Å². The van der Waals surface area contributed by atoms with Crippen LogP contribution in [0.2, 0.25) is 0 Å². The molecule has 4 rings (SSSR count). The summed E-state index contributed by atoms with van der Waals surface area (Å²) in [6.07, 6.45) is 4.57. The molecule has 3 aromatic rings. The normalized spacial score (nSPS) is 13.4. The van der Waals surface area contributed by atoms with Crippen molar-refractivity contribution in [1.82, 2.24) is 15.3 Å². The fraction of sp³-hybridized carbons (Fsp3) is 0.348. The number of carbonyl (C=O) groups is 1. The molecule has 0 atom stereocenters. The Bertz CT molecular complexity index is 981. The molecule has 0 spiro atoms. The Morgan fingerprint density at radius 2 is 2.03 bits per heavy atom. The maximum absolute atomic E-state index is 12.4. The van der Waals surface area contributed by atoms with Crippen molar-refractivity contribution in [3.63, 3.8) is 0 Å². The number of amides is 1. The van der Waals surface area contributed by atoms with E-state index in [1.807, 2.05) is 54.9 Å². The fourth-order valence-corrected chi connectivity index (χ4v) is 4.37. The van der Waals surface area contributed by atoms with E-state index >= 15 is 0 Å². The van der Waals surface area contributed by atoms with Crippen molar-refractivity contribution in [2.45, 2.75) is 32.7 Å². The molecule has 1 amide bonds. The van der Waals surface area contributed by atoms with Crippen LogP contribution >= 0.6 is 11.3 Å². The number of pyridine rings is 1. The quantitative estimate of drug-likeness (QED) is 0.593. The number of rotatable bonds is 8. The van der Waals surface area contributed by atoms with Crippen molar-refractivity contribution in [3.05, 3.63) is 59.2 Å². The first-order chi connectivity index (χ1) is 14.7. The zero-order chi connectivity index (χ0) is 20.8. The molecule has 2 aromatic heterocycles. The van der Waals surface area contributed by atoms with E-state index in [0.717, 1.165) is 46.5 Å². The smallest absolute Gasteiger partial charge is 0.226 e. The molecule has 0 radical (unpaired) electrons. The zero-order valence-electron chi connectivity index (χ0n) is 17.1. The highest BCUT2D eigenvalue weighted by atomic mass is 32.1. The maximum atomic E-state index is 12.4. The molecule has 1 saturated heterocycles. The molecule has 6 nitrogen and oxygen atoms in total. The number of para-hydroxylation sites is 1. The third kappa shape index (κ3) is 4.97. The van der Waals surface area contributed by atoms with E-state index in [1.54, 1.807) is 0 Å². The Hall–Kier alpha value is -2.93. The number of anilines is 1. The molecule has 0 aliphatic carbocycles. The molecule has 0 bridgehead atoms. The summed E-state index contributed by atoms with van der Waals surface area (Å²) in [4.78, 5) is 23.8. The minimum atomic E-state index is -0.0476. The summed E-state index contributed by atoms with van der Waals surface area (Å²) in [5.74, 6) is 1.79. The minimum absolute atomic E-state index is 0.0476. The van der Waals surface area contributed by atoms with Crippen molar-refractivity contribution in [2.75, 3.05) is 24.6 Å². The fourth-order valence-electron chi connectivity index (χ4n) is 3.52. The SMILES string of the molecule is CCOc1ccccc1-c1nc(CC(=O)NCc2ccc(N3CCCC3)nc2)cs1. The second-order valence-corrected chi connectivity index (χ2v) is 8.10. The summed E-state index contributed by atoms with van der Waals surface area (Å²) >= 11 is 1.53. The molecule has 1 aliphatic heterocycles. The van der Waals surface area contributed by atoms with Gasteiger partial charge in [0.05, 0.1) is 24.3 Å². The average molecular weight is 423 g/mol. The van der Waals surface area contributed by atoms with Crippen LogP contribution in [0.25, 0.3) is 10.6 Å². The van der Waals surface area contributed by atoms with Crippen molar-refractivity contribution in [3.8, 4) is 16.3 Å². The highest BCUT2D eigenvalue weighted by Crippen LogP contribution is 2.32. The van der Waals surface area contributed by atoms with Crippen LogP contribution in [0.15, 0.2) is 48.0 Å². The number of aromatic nitrogens is 2. The van der Waals surface area contributed by atoms with Gasteiger partial charge in [-0.05, 0) is 43.5 Å². The molecular weight excluding hydrogens is 396 g/mol. The van der Waals surface area contributed by atoms with Gasteiger partial charge < -0.3 is 15.0 Å². The van der Waals surface area contributed by atoms with Gasteiger partial charge in [-0.2, -0.15) is 0 Å². The van der Waals surface area contributed by atoms with Crippen LogP contribution in [0.1, 0.15) is 31.0 Å². The van der Waals surface area contributed by atoms with Crippen LogP contribution in [0.3, 0.4) is 0 Å². The average Bonchev–Trinajstić information content (AvgIpc) is 3.46. The summed E-state index contributed by atoms with van der Waals surface area (Å²) in [7, 11) is 0. The van der Waals surface area contributed by atoms with Gasteiger partial charge in [-0.15, -0.1) is 11.3 Å². The number of thiazole rings is 1. The number of nitrogens with zero attached hydrogens (tertiary/aromatic N) is 3. The predicted octanol–water partition coefficient (Wildman–Crippen LogP) is 4.06. The van der Waals surface area contributed by atoms with Crippen molar-refractivity contribution < 1.29 is 9.53 Å². The molecule has 156 valence electrons. The summed E-state index contributed by atoms with van der Waals surface area (Å²) in [5.41, 5.74) is 2.72. The molecule has 7 heteroatoms. The largest absolute Gasteiger partial charge is 0.493 e. The molecule has 30 heavy (non-hydrogen) atoms. The molecule has 1 fully saturated rings. The van der Waals surface area contributed by atoms with Gasteiger partial charge in [-0.25, -0.2) is 9.97 Å². The van der Waals surface area contributed by atoms with Crippen molar-refractivity contribution in [1.29, 1.82) is 0 Å². The third-order valence-electron chi connectivity index (χ3n) is 5.04. The van der Waals surface area contributed by atoms with E-state index < -0.39 is 0 Å². The summed E-state index contributed by atoms with van der Waals surface area (Å²) in [6.45, 7) is 5.19. The van der Waals surface area contributed by atoms with Gasteiger partial charge in [-0.1, -0.05) is 18.2 Å². The second kappa shape index (κ2) is 9.71. The number of benzene rings is 1. The zero-order valence-corrected chi connectivity index (χ0v) is 18.0. The van der Waals surface area contributed by atoms with Gasteiger partial charge in [0.2, 0.25) is 5.91 Å². The minimum Gasteiger partial charge on any atom is -0.493 e. The monoisotopic (exact) mass is 422 g/mol. The first-order valence-corrected chi connectivity index (χ1v) is 11.2. The van der Waals surface area contributed by atoms with E-state index in [2.05, 4.69) is 20.2 Å². The number of carbonyl (C=O) groups excluding carboxylic acids is 1. The lowest BCUT2D eigenvalue weighted by Crippen LogP contribution is -2.25. The van der Waals surface area contributed by atoms with E-state index in [9.17, 15) is 4.79 Å².